The van der Waals surface area contributed by atoms with Crippen LogP contribution >= 0.6 is 23.2 Å². The SMILES string of the molecule is CCOc1cc(C(C)(C)C)ncc1C(=NCc1ccc(Cl)cc1)N(C(=O)N(C)CCO)C(C)(C)c1ccc(Cl)cc1. The summed E-state index contributed by atoms with van der Waals surface area (Å²) >= 11 is 12.3. The first-order chi connectivity index (χ1) is 19.3. The molecule has 3 rings (SSSR count). The minimum absolute atomic E-state index is 0.149. The monoisotopic (exact) mass is 598 g/mol. The number of amides is 2. The molecule has 2 amide bonds. The molecule has 1 heterocycles. The van der Waals surface area contributed by atoms with Crippen molar-refractivity contribution in [2.75, 3.05) is 26.8 Å². The minimum Gasteiger partial charge on any atom is -0.493 e. The molecule has 0 saturated heterocycles. The number of ether oxygens (including phenoxy) is 1. The molecule has 3 aromatic rings. The molecule has 7 nitrogen and oxygen atoms in total. The number of nitrogens with zero attached hydrogens (tertiary/aromatic N) is 4. The van der Waals surface area contributed by atoms with Gasteiger partial charge in [-0.25, -0.2) is 4.79 Å². The number of likely N-dealkylation sites (N-methyl/N-ethyl adjacent to an activating group) is 1. The van der Waals surface area contributed by atoms with E-state index in [2.05, 4.69) is 20.8 Å². The van der Waals surface area contributed by atoms with E-state index in [1.807, 2.05) is 63.2 Å². The molecule has 9 heteroatoms. The van der Waals surface area contributed by atoms with Gasteiger partial charge in [-0.3, -0.25) is 14.9 Å². The molecular weight excluding hydrogens is 559 g/mol. The Morgan fingerprint density at radius 1 is 1.00 bits per heavy atom. The van der Waals surface area contributed by atoms with Crippen molar-refractivity contribution in [1.29, 1.82) is 0 Å². The number of hydrogen-bond acceptors (Lipinski definition) is 5. The Kier molecular flexibility index (Phi) is 10.8. The van der Waals surface area contributed by atoms with Crippen molar-refractivity contribution in [1.82, 2.24) is 14.8 Å². The fraction of sp³-hybridized carbons (Fsp3) is 0.406. The van der Waals surface area contributed by atoms with Crippen LogP contribution in [0.4, 0.5) is 4.79 Å². The van der Waals surface area contributed by atoms with Gasteiger partial charge in [-0.05, 0) is 56.2 Å². The molecule has 0 aliphatic rings. The minimum atomic E-state index is -0.892. The molecule has 0 bridgehead atoms. The van der Waals surface area contributed by atoms with E-state index >= 15 is 0 Å². The van der Waals surface area contributed by atoms with Gasteiger partial charge in [0.15, 0.2) is 0 Å². The summed E-state index contributed by atoms with van der Waals surface area (Å²) in [7, 11) is 1.66. The highest BCUT2D eigenvalue weighted by Gasteiger charge is 2.39. The van der Waals surface area contributed by atoms with Crippen molar-refractivity contribution in [2.24, 2.45) is 4.99 Å². The maximum absolute atomic E-state index is 14.2. The number of urea groups is 1. The van der Waals surface area contributed by atoms with Gasteiger partial charge in [-0.15, -0.1) is 0 Å². The zero-order valence-corrected chi connectivity index (χ0v) is 26.4. The maximum atomic E-state index is 14.2. The number of aliphatic hydroxyl groups excluding tert-OH is 1. The molecule has 0 atom stereocenters. The number of benzene rings is 2. The third-order valence-electron chi connectivity index (χ3n) is 6.77. The van der Waals surface area contributed by atoms with E-state index in [-0.39, 0.29) is 31.1 Å². The first kappa shape index (κ1) is 32.4. The van der Waals surface area contributed by atoms with Crippen LogP contribution in [-0.4, -0.2) is 58.6 Å². The molecule has 1 aromatic heterocycles. The number of carbonyl (C=O) groups is 1. The fourth-order valence-electron chi connectivity index (χ4n) is 4.32. The molecule has 0 saturated carbocycles. The predicted octanol–water partition coefficient (Wildman–Crippen LogP) is 7.31. The second-order valence-electron chi connectivity index (χ2n) is 11.3. The highest BCUT2D eigenvalue weighted by atomic mass is 35.5. The zero-order chi connectivity index (χ0) is 30.4. The van der Waals surface area contributed by atoms with E-state index in [1.165, 1.54) is 4.90 Å². The lowest BCUT2D eigenvalue weighted by molar-refractivity contribution is 0.141. The van der Waals surface area contributed by atoms with Crippen molar-refractivity contribution < 1.29 is 14.6 Å². The summed E-state index contributed by atoms with van der Waals surface area (Å²) in [5.74, 6) is 0.975. The number of aromatic nitrogens is 1. The number of aliphatic hydroxyl groups is 1. The Morgan fingerprint density at radius 2 is 1.59 bits per heavy atom. The number of aliphatic imine (C=N–C) groups is 1. The highest BCUT2D eigenvalue weighted by Crippen LogP contribution is 2.35. The van der Waals surface area contributed by atoms with Crippen LogP contribution in [0.1, 0.15) is 63.9 Å². The van der Waals surface area contributed by atoms with Gasteiger partial charge in [0.2, 0.25) is 0 Å². The predicted molar refractivity (Wildman–Crippen MR) is 167 cm³/mol. The van der Waals surface area contributed by atoms with Crippen LogP contribution in [-0.2, 0) is 17.5 Å². The molecule has 0 spiro atoms. The van der Waals surface area contributed by atoms with E-state index in [0.29, 0.717) is 33.8 Å². The third-order valence-corrected chi connectivity index (χ3v) is 7.28. The van der Waals surface area contributed by atoms with E-state index in [9.17, 15) is 9.90 Å². The highest BCUT2D eigenvalue weighted by molar-refractivity contribution is 6.30. The van der Waals surface area contributed by atoms with Gasteiger partial charge in [0.1, 0.15) is 11.6 Å². The number of halogens is 2. The Bertz CT molecular complexity index is 1350. The average molecular weight is 600 g/mol. The molecule has 0 aliphatic carbocycles. The van der Waals surface area contributed by atoms with Crippen LogP contribution in [0.15, 0.2) is 65.8 Å². The van der Waals surface area contributed by atoms with Gasteiger partial charge in [0, 0.05) is 47.0 Å². The summed E-state index contributed by atoms with van der Waals surface area (Å²) in [5, 5.41) is 10.9. The van der Waals surface area contributed by atoms with Crippen LogP contribution in [0.3, 0.4) is 0 Å². The maximum Gasteiger partial charge on any atom is 0.326 e. The van der Waals surface area contributed by atoms with Gasteiger partial charge in [0.25, 0.3) is 0 Å². The molecular formula is C32H40Cl2N4O3. The Labute approximate surface area is 253 Å². The van der Waals surface area contributed by atoms with Crippen LogP contribution in [0.5, 0.6) is 5.75 Å². The summed E-state index contributed by atoms with van der Waals surface area (Å²) in [6.07, 6.45) is 1.73. The van der Waals surface area contributed by atoms with Crippen LogP contribution in [0.2, 0.25) is 10.0 Å². The molecule has 0 fully saturated rings. The zero-order valence-electron chi connectivity index (χ0n) is 24.9. The van der Waals surface area contributed by atoms with Crippen molar-refractivity contribution in [3.8, 4) is 5.75 Å². The van der Waals surface area contributed by atoms with Crippen molar-refractivity contribution in [3.63, 3.8) is 0 Å². The number of amidine groups is 1. The van der Waals surface area contributed by atoms with E-state index < -0.39 is 5.54 Å². The molecule has 0 radical (unpaired) electrons. The smallest absolute Gasteiger partial charge is 0.326 e. The van der Waals surface area contributed by atoms with Gasteiger partial charge < -0.3 is 14.7 Å². The number of pyridine rings is 1. The average Bonchev–Trinajstić information content (AvgIpc) is 2.91. The topological polar surface area (TPSA) is 78.3 Å². The molecule has 0 aliphatic heterocycles. The lowest BCUT2D eigenvalue weighted by Crippen LogP contribution is -2.54. The van der Waals surface area contributed by atoms with Gasteiger partial charge in [0.05, 0.1) is 30.9 Å². The standard InChI is InChI=1S/C32H40Cl2N4O3/c1-8-41-27-19-28(31(2,3)4)35-21-26(27)29(36-20-22-9-13-24(33)14-10-22)38(30(40)37(7)17-18-39)32(5,6)23-11-15-25(34)16-12-23/h9-16,19,21,39H,8,17-18,20H2,1-7H3. The molecule has 1 N–H and O–H groups in total. The van der Waals surface area contributed by atoms with Crippen molar-refractivity contribution >= 4 is 35.1 Å². The van der Waals surface area contributed by atoms with Crippen LogP contribution in [0.25, 0.3) is 0 Å². The summed E-state index contributed by atoms with van der Waals surface area (Å²) in [5.41, 5.74) is 2.10. The Morgan fingerprint density at radius 3 is 2.12 bits per heavy atom. The van der Waals surface area contributed by atoms with E-state index in [1.54, 1.807) is 30.3 Å². The van der Waals surface area contributed by atoms with Crippen molar-refractivity contribution in [2.45, 2.75) is 59.0 Å². The van der Waals surface area contributed by atoms with Crippen LogP contribution in [0, 0.1) is 0 Å². The fourth-order valence-corrected chi connectivity index (χ4v) is 4.57. The second-order valence-corrected chi connectivity index (χ2v) is 12.2. The molecule has 41 heavy (non-hydrogen) atoms. The first-order valence-electron chi connectivity index (χ1n) is 13.6. The number of carbonyl (C=O) groups excluding carboxylic acids is 1. The van der Waals surface area contributed by atoms with Crippen LogP contribution < -0.4 is 4.74 Å². The Hall–Kier alpha value is -3.13. The van der Waals surface area contributed by atoms with Crippen molar-refractivity contribution in [3.05, 3.63) is 93.2 Å². The van der Waals surface area contributed by atoms with E-state index in [0.717, 1.165) is 16.8 Å². The number of hydrogen-bond donors (Lipinski definition) is 1. The third kappa shape index (κ3) is 8.00. The first-order valence-corrected chi connectivity index (χ1v) is 14.4. The van der Waals surface area contributed by atoms with Gasteiger partial charge >= 0.3 is 6.03 Å². The molecule has 220 valence electrons. The summed E-state index contributed by atoms with van der Waals surface area (Å²) in [6, 6.07) is 16.4. The van der Waals surface area contributed by atoms with Gasteiger partial charge in [-0.2, -0.15) is 0 Å². The summed E-state index contributed by atoms with van der Waals surface area (Å²) < 4.78 is 6.15. The van der Waals surface area contributed by atoms with Gasteiger partial charge in [-0.1, -0.05) is 68.2 Å². The largest absolute Gasteiger partial charge is 0.493 e. The summed E-state index contributed by atoms with van der Waals surface area (Å²) in [6.45, 7) is 12.8. The summed E-state index contributed by atoms with van der Waals surface area (Å²) in [4.78, 5) is 27.2. The normalized spacial score (nSPS) is 12.3. The quantitative estimate of drug-likeness (QED) is 0.207. The Balaban J connectivity index is 2.32. The lowest BCUT2D eigenvalue weighted by atomic mass is 9.90. The number of rotatable bonds is 9. The molecule has 2 aromatic carbocycles. The van der Waals surface area contributed by atoms with E-state index in [4.69, 9.17) is 37.9 Å². The second kappa shape index (κ2) is 13.7. The lowest BCUT2D eigenvalue weighted by Gasteiger charge is -2.41. The molecule has 0 unspecified atom stereocenters.